The highest BCUT2D eigenvalue weighted by Gasteiger charge is 2.30. The van der Waals surface area contributed by atoms with Crippen molar-refractivity contribution in [2.24, 2.45) is 5.92 Å². The van der Waals surface area contributed by atoms with Gasteiger partial charge in [0, 0.05) is 30.1 Å². The van der Waals surface area contributed by atoms with Crippen LogP contribution in [0.2, 0.25) is 0 Å². The summed E-state index contributed by atoms with van der Waals surface area (Å²) in [4.78, 5) is 2.43. The Bertz CT molecular complexity index is 435. The SMILES string of the molecule is CC1COc2ccccc2C1NC1CCCN(C)C1. The van der Waals surface area contributed by atoms with Gasteiger partial charge in [0.15, 0.2) is 0 Å². The van der Waals surface area contributed by atoms with E-state index in [2.05, 4.69) is 48.5 Å². The number of hydrogen-bond donors (Lipinski definition) is 1. The number of likely N-dealkylation sites (tertiary alicyclic amines) is 1. The molecule has 0 radical (unpaired) electrons. The van der Waals surface area contributed by atoms with E-state index in [0.717, 1.165) is 18.9 Å². The van der Waals surface area contributed by atoms with Gasteiger partial charge in [-0.1, -0.05) is 25.1 Å². The molecule has 1 fully saturated rings. The van der Waals surface area contributed by atoms with Crippen LogP contribution in [0.1, 0.15) is 31.4 Å². The summed E-state index contributed by atoms with van der Waals surface area (Å²) in [5.74, 6) is 1.59. The van der Waals surface area contributed by atoms with Gasteiger partial charge < -0.3 is 15.0 Å². The summed E-state index contributed by atoms with van der Waals surface area (Å²) in [6.45, 7) is 5.49. The first kappa shape index (κ1) is 12.9. The number of piperidine rings is 1. The molecule has 3 heteroatoms. The lowest BCUT2D eigenvalue weighted by Gasteiger charge is -2.38. The minimum atomic E-state index is 0.432. The maximum absolute atomic E-state index is 5.83. The fourth-order valence-electron chi connectivity index (χ4n) is 3.30. The van der Waals surface area contributed by atoms with E-state index in [0.29, 0.717) is 18.0 Å². The van der Waals surface area contributed by atoms with Crippen LogP contribution in [0, 0.1) is 5.92 Å². The third-order valence-corrected chi connectivity index (χ3v) is 4.36. The van der Waals surface area contributed by atoms with Crippen LogP contribution in [0.25, 0.3) is 0 Å². The third-order valence-electron chi connectivity index (χ3n) is 4.36. The summed E-state index contributed by atoms with van der Waals surface area (Å²) >= 11 is 0. The highest BCUT2D eigenvalue weighted by molar-refractivity contribution is 5.38. The van der Waals surface area contributed by atoms with E-state index < -0.39 is 0 Å². The van der Waals surface area contributed by atoms with Crippen LogP contribution in [0.15, 0.2) is 24.3 Å². The molecule has 0 aromatic heterocycles. The molecule has 0 amide bonds. The predicted molar refractivity (Wildman–Crippen MR) is 77.5 cm³/mol. The molecular weight excluding hydrogens is 236 g/mol. The maximum Gasteiger partial charge on any atom is 0.124 e. The first-order valence-electron chi connectivity index (χ1n) is 7.40. The Labute approximate surface area is 115 Å². The van der Waals surface area contributed by atoms with Crippen molar-refractivity contribution in [1.29, 1.82) is 0 Å². The second-order valence-corrected chi connectivity index (χ2v) is 6.07. The molecule has 2 aliphatic heterocycles. The molecule has 19 heavy (non-hydrogen) atoms. The van der Waals surface area contributed by atoms with Crippen molar-refractivity contribution in [3.8, 4) is 5.75 Å². The minimum Gasteiger partial charge on any atom is -0.493 e. The summed E-state index contributed by atoms with van der Waals surface area (Å²) in [5.41, 5.74) is 1.33. The quantitative estimate of drug-likeness (QED) is 0.884. The smallest absolute Gasteiger partial charge is 0.124 e. The van der Waals surface area contributed by atoms with Crippen molar-refractivity contribution in [3.05, 3.63) is 29.8 Å². The number of rotatable bonds is 2. The van der Waals surface area contributed by atoms with E-state index in [4.69, 9.17) is 4.74 Å². The van der Waals surface area contributed by atoms with Gasteiger partial charge in [-0.2, -0.15) is 0 Å². The average Bonchev–Trinajstić information content (AvgIpc) is 2.42. The van der Waals surface area contributed by atoms with E-state index in [1.54, 1.807) is 0 Å². The zero-order chi connectivity index (χ0) is 13.2. The third kappa shape index (κ3) is 2.77. The van der Waals surface area contributed by atoms with E-state index in [-0.39, 0.29) is 0 Å². The summed E-state index contributed by atoms with van der Waals surface area (Å²) in [6, 6.07) is 9.50. The Hall–Kier alpha value is -1.06. The fraction of sp³-hybridized carbons (Fsp3) is 0.625. The van der Waals surface area contributed by atoms with Gasteiger partial charge in [-0.25, -0.2) is 0 Å². The van der Waals surface area contributed by atoms with E-state index in [9.17, 15) is 0 Å². The molecule has 1 N–H and O–H groups in total. The van der Waals surface area contributed by atoms with Crippen LogP contribution in [-0.4, -0.2) is 37.7 Å². The standard InChI is InChI=1S/C16H24N2O/c1-12-11-19-15-8-4-3-7-14(15)16(12)17-13-6-5-9-18(2)10-13/h3-4,7-8,12-13,16-17H,5-6,9-11H2,1-2H3. The van der Waals surface area contributed by atoms with Crippen LogP contribution in [-0.2, 0) is 0 Å². The first-order valence-corrected chi connectivity index (χ1v) is 7.40. The molecule has 0 saturated carbocycles. The number of benzene rings is 1. The molecule has 1 aromatic carbocycles. The van der Waals surface area contributed by atoms with Gasteiger partial charge in [0.1, 0.15) is 5.75 Å². The van der Waals surface area contributed by atoms with Crippen LogP contribution >= 0.6 is 0 Å². The molecule has 3 nitrogen and oxygen atoms in total. The molecule has 0 spiro atoms. The maximum atomic E-state index is 5.83. The van der Waals surface area contributed by atoms with Crippen molar-refractivity contribution in [2.45, 2.75) is 31.8 Å². The van der Waals surface area contributed by atoms with Gasteiger partial charge in [-0.15, -0.1) is 0 Å². The molecular formula is C16H24N2O. The normalized spacial score (nSPS) is 31.6. The van der Waals surface area contributed by atoms with E-state index in [1.807, 2.05) is 0 Å². The number of likely N-dealkylation sites (N-methyl/N-ethyl adjacent to an activating group) is 1. The van der Waals surface area contributed by atoms with Crippen LogP contribution < -0.4 is 10.1 Å². The van der Waals surface area contributed by atoms with E-state index in [1.165, 1.54) is 24.9 Å². The highest BCUT2D eigenvalue weighted by Crippen LogP contribution is 2.35. The summed E-state index contributed by atoms with van der Waals surface area (Å²) < 4.78 is 5.83. The Morgan fingerprint density at radius 2 is 2.16 bits per heavy atom. The molecule has 3 atom stereocenters. The summed E-state index contributed by atoms with van der Waals surface area (Å²) in [5, 5.41) is 3.87. The van der Waals surface area contributed by atoms with Crippen molar-refractivity contribution >= 4 is 0 Å². The van der Waals surface area contributed by atoms with Crippen molar-refractivity contribution in [1.82, 2.24) is 10.2 Å². The monoisotopic (exact) mass is 260 g/mol. The lowest BCUT2D eigenvalue weighted by atomic mass is 9.90. The minimum absolute atomic E-state index is 0.432. The first-order chi connectivity index (χ1) is 9.24. The molecule has 2 heterocycles. The van der Waals surface area contributed by atoms with Gasteiger partial charge in [0.05, 0.1) is 6.61 Å². The Kier molecular flexibility index (Phi) is 3.76. The second kappa shape index (κ2) is 5.51. The molecule has 3 unspecified atom stereocenters. The molecule has 104 valence electrons. The van der Waals surface area contributed by atoms with Crippen LogP contribution in [0.4, 0.5) is 0 Å². The van der Waals surface area contributed by atoms with Crippen LogP contribution in [0.3, 0.4) is 0 Å². The number of para-hydroxylation sites is 1. The van der Waals surface area contributed by atoms with E-state index >= 15 is 0 Å². The number of hydrogen-bond acceptors (Lipinski definition) is 3. The summed E-state index contributed by atoms with van der Waals surface area (Å²) in [7, 11) is 2.22. The van der Waals surface area contributed by atoms with Crippen molar-refractivity contribution in [3.63, 3.8) is 0 Å². The molecule has 0 aliphatic carbocycles. The zero-order valence-corrected chi connectivity index (χ0v) is 11.9. The number of fused-ring (bicyclic) bond motifs is 1. The molecule has 1 saturated heterocycles. The molecule has 2 aliphatic rings. The topological polar surface area (TPSA) is 24.5 Å². The average molecular weight is 260 g/mol. The summed E-state index contributed by atoms with van der Waals surface area (Å²) in [6.07, 6.45) is 2.59. The number of nitrogens with one attached hydrogen (secondary N) is 1. The van der Waals surface area contributed by atoms with Gasteiger partial charge in [-0.05, 0) is 32.5 Å². The molecule has 3 rings (SSSR count). The van der Waals surface area contributed by atoms with Crippen molar-refractivity contribution in [2.75, 3.05) is 26.7 Å². The van der Waals surface area contributed by atoms with Crippen LogP contribution in [0.5, 0.6) is 5.75 Å². The van der Waals surface area contributed by atoms with Gasteiger partial charge in [0.25, 0.3) is 0 Å². The number of nitrogens with zero attached hydrogens (tertiary/aromatic N) is 1. The predicted octanol–water partition coefficient (Wildman–Crippen LogP) is 2.44. The Morgan fingerprint density at radius 1 is 1.32 bits per heavy atom. The Balaban J connectivity index is 1.76. The largest absolute Gasteiger partial charge is 0.493 e. The molecule has 0 bridgehead atoms. The highest BCUT2D eigenvalue weighted by atomic mass is 16.5. The lowest BCUT2D eigenvalue weighted by Crippen LogP contribution is -2.47. The lowest BCUT2D eigenvalue weighted by molar-refractivity contribution is 0.156. The number of ether oxygens (including phenoxy) is 1. The van der Waals surface area contributed by atoms with Gasteiger partial charge in [-0.3, -0.25) is 0 Å². The van der Waals surface area contributed by atoms with Gasteiger partial charge >= 0.3 is 0 Å². The zero-order valence-electron chi connectivity index (χ0n) is 11.9. The van der Waals surface area contributed by atoms with Gasteiger partial charge in [0.2, 0.25) is 0 Å². The Morgan fingerprint density at radius 3 is 3.00 bits per heavy atom. The fourth-order valence-corrected chi connectivity index (χ4v) is 3.30. The molecule has 1 aromatic rings. The van der Waals surface area contributed by atoms with Crippen molar-refractivity contribution < 1.29 is 4.74 Å². The second-order valence-electron chi connectivity index (χ2n) is 6.07.